The van der Waals surface area contributed by atoms with Gasteiger partial charge in [0.2, 0.25) is 0 Å². The third kappa shape index (κ3) is 3.79. The van der Waals surface area contributed by atoms with Gasteiger partial charge in [-0.05, 0) is 31.7 Å². The maximum absolute atomic E-state index is 5.79. The van der Waals surface area contributed by atoms with E-state index in [1.165, 1.54) is 5.56 Å². The number of nitrogens with zero attached hydrogens (tertiary/aromatic N) is 1. The van der Waals surface area contributed by atoms with Gasteiger partial charge in [-0.2, -0.15) is 0 Å². The smallest absolute Gasteiger partial charge is 0.142 e. The highest BCUT2D eigenvalue weighted by Gasteiger charge is 2.12. The largest absolute Gasteiger partial charge is 0.495 e. The third-order valence-electron chi connectivity index (χ3n) is 3.52. The van der Waals surface area contributed by atoms with Crippen molar-refractivity contribution in [3.05, 3.63) is 47.4 Å². The molecule has 0 spiro atoms. The Morgan fingerprint density at radius 1 is 1.29 bits per heavy atom. The van der Waals surface area contributed by atoms with Gasteiger partial charge in [-0.3, -0.25) is 0 Å². The molecule has 1 N–H and O–H groups in total. The first-order valence-corrected chi connectivity index (χ1v) is 7.28. The SMILES string of the molecule is CCNCc1cc(CN(C)c2ccccc2OC)c(C)o1. The second kappa shape index (κ2) is 7.18. The average molecular weight is 288 g/mol. The highest BCUT2D eigenvalue weighted by Crippen LogP contribution is 2.28. The summed E-state index contributed by atoms with van der Waals surface area (Å²) < 4.78 is 11.2. The van der Waals surface area contributed by atoms with Gasteiger partial charge in [0.1, 0.15) is 17.3 Å². The maximum atomic E-state index is 5.79. The molecule has 0 fully saturated rings. The van der Waals surface area contributed by atoms with Crippen molar-refractivity contribution in [3.63, 3.8) is 0 Å². The Labute approximate surface area is 126 Å². The molecule has 0 atom stereocenters. The molecule has 0 unspecified atom stereocenters. The van der Waals surface area contributed by atoms with Crippen LogP contribution >= 0.6 is 0 Å². The molecule has 0 aliphatic carbocycles. The summed E-state index contributed by atoms with van der Waals surface area (Å²) in [6, 6.07) is 10.2. The number of nitrogens with one attached hydrogen (secondary N) is 1. The molecule has 1 aromatic heterocycles. The Bertz CT molecular complexity index is 578. The minimum atomic E-state index is 0.774. The molecule has 0 aliphatic heterocycles. The summed E-state index contributed by atoms with van der Waals surface area (Å²) in [5.41, 5.74) is 2.28. The fourth-order valence-corrected chi connectivity index (χ4v) is 2.37. The zero-order valence-electron chi connectivity index (χ0n) is 13.3. The molecule has 0 saturated heterocycles. The van der Waals surface area contributed by atoms with E-state index in [0.717, 1.165) is 42.6 Å². The van der Waals surface area contributed by atoms with E-state index < -0.39 is 0 Å². The van der Waals surface area contributed by atoms with Crippen LogP contribution in [0.1, 0.15) is 24.0 Å². The molecule has 0 aliphatic rings. The Hall–Kier alpha value is -1.94. The molecule has 2 aromatic rings. The highest BCUT2D eigenvalue weighted by molar-refractivity contribution is 5.58. The average Bonchev–Trinajstić information content (AvgIpc) is 2.85. The Morgan fingerprint density at radius 2 is 2.05 bits per heavy atom. The molecule has 0 bridgehead atoms. The number of para-hydroxylation sites is 2. The van der Waals surface area contributed by atoms with Crippen molar-refractivity contribution >= 4 is 5.69 Å². The minimum Gasteiger partial charge on any atom is -0.495 e. The first kappa shape index (κ1) is 15.4. The van der Waals surface area contributed by atoms with Gasteiger partial charge in [-0.15, -0.1) is 0 Å². The van der Waals surface area contributed by atoms with Gasteiger partial charge in [-0.1, -0.05) is 19.1 Å². The van der Waals surface area contributed by atoms with E-state index in [9.17, 15) is 0 Å². The van der Waals surface area contributed by atoms with Crippen molar-refractivity contribution in [1.29, 1.82) is 0 Å². The fourth-order valence-electron chi connectivity index (χ4n) is 2.37. The van der Waals surface area contributed by atoms with Gasteiger partial charge >= 0.3 is 0 Å². The van der Waals surface area contributed by atoms with Gasteiger partial charge in [0.15, 0.2) is 0 Å². The van der Waals surface area contributed by atoms with Crippen LogP contribution in [-0.4, -0.2) is 20.7 Å². The van der Waals surface area contributed by atoms with Crippen molar-refractivity contribution in [2.75, 3.05) is 25.6 Å². The van der Waals surface area contributed by atoms with Gasteiger partial charge in [0.25, 0.3) is 0 Å². The van der Waals surface area contributed by atoms with E-state index in [0.29, 0.717) is 0 Å². The predicted molar refractivity (Wildman–Crippen MR) is 85.9 cm³/mol. The molecule has 0 saturated carbocycles. The summed E-state index contributed by atoms with van der Waals surface area (Å²) in [5, 5.41) is 3.28. The molecular formula is C17H24N2O2. The van der Waals surface area contributed by atoms with Crippen LogP contribution in [0, 0.1) is 6.92 Å². The lowest BCUT2D eigenvalue weighted by molar-refractivity contribution is 0.414. The number of aryl methyl sites for hydroxylation is 1. The maximum Gasteiger partial charge on any atom is 0.142 e. The van der Waals surface area contributed by atoms with Crippen LogP contribution in [0.15, 0.2) is 34.7 Å². The van der Waals surface area contributed by atoms with Crippen molar-refractivity contribution < 1.29 is 9.15 Å². The first-order valence-electron chi connectivity index (χ1n) is 7.28. The summed E-state index contributed by atoms with van der Waals surface area (Å²) in [4.78, 5) is 2.17. The van der Waals surface area contributed by atoms with Crippen molar-refractivity contribution in [2.24, 2.45) is 0 Å². The van der Waals surface area contributed by atoms with Crippen molar-refractivity contribution in [1.82, 2.24) is 5.32 Å². The van der Waals surface area contributed by atoms with Crippen LogP contribution in [0.2, 0.25) is 0 Å². The zero-order valence-corrected chi connectivity index (χ0v) is 13.3. The predicted octanol–water partition coefficient (Wildman–Crippen LogP) is 3.34. The van der Waals surface area contributed by atoms with Crippen molar-refractivity contribution in [2.45, 2.75) is 26.9 Å². The van der Waals surface area contributed by atoms with E-state index in [1.54, 1.807) is 7.11 Å². The standard InChI is InChI=1S/C17H24N2O2/c1-5-18-11-15-10-14(13(2)21-15)12-19(3)16-8-6-7-9-17(16)20-4/h6-10,18H,5,11-12H2,1-4H3. The lowest BCUT2D eigenvalue weighted by Gasteiger charge is -2.21. The van der Waals surface area contributed by atoms with E-state index in [2.05, 4.69) is 36.3 Å². The van der Waals surface area contributed by atoms with Gasteiger partial charge in [0.05, 0.1) is 19.3 Å². The number of anilines is 1. The monoisotopic (exact) mass is 288 g/mol. The molecular weight excluding hydrogens is 264 g/mol. The van der Waals surface area contributed by atoms with Gasteiger partial charge in [0, 0.05) is 19.2 Å². The summed E-state index contributed by atoms with van der Waals surface area (Å²) in [7, 11) is 3.76. The lowest BCUT2D eigenvalue weighted by Crippen LogP contribution is -2.17. The van der Waals surface area contributed by atoms with Crippen LogP contribution in [0.5, 0.6) is 5.75 Å². The number of ether oxygens (including phenoxy) is 1. The number of benzene rings is 1. The number of furan rings is 1. The van der Waals surface area contributed by atoms with E-state index in [1.807, 2.05) is 25.1 Å². The quantitative estimate of drug-likeness (QED) is 0.848. The first-order chi connectivity index (χ1) is 10.2. The summed E-state index contributed by atoms with van der Waals surface area (Å²) in [5.74, 6) is 2.84. The molecule has 114 valence electrons. The second-order valence-corrected chi connectivity index (χ2v) is 5.10. The van der Waals surface area contributed by atoms with Crippen LogP contribution in [0.4, 0.5) is 5.69 Å². The lowest BCUT2D eigenvalue weighted by atomic mass is 10.2. The third-order valence-corrected chi connectivity index (χ3v) is 3.52. The number of hydrogen-bond donors (Lipinski definition) is 1. The van der Waals surface area contributed by atoms with E-state index >= 15 is 0 Å². The summed E-state index contributed by atoms with van der Waals surface area (Å²) in [6.45, 7) is 6.61. The van der Waals surface area contributed by atoms with E-state index in [4.69, 9.17) is 9.15 Å². The topological polar surface area (TPSA) is 37.6 Å². The van der Waals surface area contributed by atoms with Crippen molar-refractivity contribution in [3.8, 4) is 5.75 Å². The number of rotatable bonds is 7. The number of hydrogen-bond acceptors (Lipinski definition) is 4. The Kier molecular flexibility index (Phi) is 5.28. The summed E-state index contributed by atoms with van der Waals surface area (Å²) in [6.07, 6.45) is 0. The van der Waals surface area contributed by atoms with E-state index in [-0.39, 0.29) is 0 Å². The van der Waals surface area contributed by atoms with Gasteiger partial charge in [-0.25, -0.2) is 0 Å². The summed E-state index contributed by atoms with van der Waals surface area (Å²) >= 11 is 0. The Balaban J connectivity index is 2.12. The molecule has 1 heterocycles. The molecule has 2 rings (SSSR count). The normalized spacial score (nSPS) is 10.7. The molecule has 1 aromatic carbocycles. The van der Waals surface area contributed by atoms with Crippen LogP contribution in [0.3, 0.4) is 0 Å². The van der Waals surface area contributed by atoms with Crippen LogP contribution in [0.25, 0.3) is 0 Å². The second-order valence-electron chi connectivity index (χ2n) is 5.10. The molecule has 21 heavy (non-hydrogen) atoms. The van der Waals surface area contributed by atoms with Crippen LogP contribution in [-0.2, 0) is 13.1 Å². The molecule has 4 heteroatoms. The van der Waals surface area contributed by atoms with Gasteiger partial charge < -0.3 is 19.4 Å². The number of methoxy groups -OCH3 is 1. The molecule has 0 amide bonds. The molecule has 4 nitrogen and oxygen atoms in total. The van der Waals surface area contributed by atoms with Crippen LogP contribution < -0.4 is 15.0 Å². The minimum absolute atomic E-state index is 0.774. The fraction of sp³-hybridized carbons (Fsp3) is 0.412. The zero-order chi connectivity index (χ0) is 15.2. The molecule has 0 radical (unpaired) electrons. The Morgan fingerprint density at radius 3 is 2.76 bits per heavy atom. The highest BCUT2D eigenvalue weighted by atomic mass is 16.5.